The van der Waals surface area contributed by atoms with Crippen molar-refractivity contribution in [1.29, 1.82) is 0 Å². The second kappa shape index (κ2) is 9.22. The van der Waals surface area contributed by atoms with E-state index in [0.717, 1.165) is 24.9 Å². The maximum Gasteiger partial charge on any atom is 0.245 e. The first-order chi connectivity index (χ1) is 13.5. The molecule has 2 heterocycles. The number of piperidine rings is 1. The molecule has 1 aromatic carbocycles. The largest absolute Gasteiger partial charge is 0.343 e. The van der Waals surface area contributed by atoms with Crippen LogP contribution in [0.1, 0.15) is 50.2 Å². The van der Waals surface area contributed by atoms with E-state index in [4.69, 9.17) is 0 Å². The van der Waals surface area contributed by atoms with Crippen molar-refractivity contribution in [1.82, 2.24) is 14.7 Å². The predicted octanol–water partition coefficient (Wildman–Crippen LogP) is 2.35. The molecule has 6 heteroatoms. The van der Waals surface area contributed by atoms with Crippen molar-refractivity contribution in [3.8, 4) is 0 Å². The Kier molecular flexibility index (Phi) is 6.70. The van der Waals surface area contributed by atoms with Gasteiger partial charge >= 0.3 is 0 Å². The van der Waals surface area contributed by atoms with Crippen molar-refractivity contribution in [2.24, 2.45) is 0 Å². The lowest BCUT2D eigenvalue weighted by Gasteiger charge is -2.39. The summed E-state index contributed by atoms with van der Waals surface area (Å²) in [4.78, 5) is 42.7. The molecule has 2 fully saturated rings. The molecule has 2 aliphatic heterocycles. The highest BCUT2D eigenvalue weighted by atomic mass is 16.2. The van der Waals surface area contributed by atoms with E-state index < -0.39 is 6.04 Å². The molecule has 0 saturated carbocycles. The molecule has 0 aliphatic carbocycles. The monoisotopic (exact) mass is 385 g/mol. The van der Waals surface area contributed by atoms with Crippen LogP contribution < -0.4 is 0 Å². The maximum absolute atomic E-state index is 12.8. The summed E-state index contributed by atoms with van der Waals surface area (Å²) in [6.45, 7) is 7.02. The van der Waals surface area contributed by atoms with Gasteiger partial charge in [-0.15, -0.1) is 0 Å². The Morgan fingerprint density at radius 2 is 1.93 bits per heavy atom. The molecule has 3 rings (SSSR count). The average molecular weight is 386 g/mol. The van der Waals surface area contributed by atoms with E-state index in [0.29, 0.717) is 45.4 Å². The first-order valence-electron chi connectivity index (χ1n) is 10.4. The van der Waals surface area contributed by atoms with Gasteiger partial charge in [0.1, 0.15) is 6.04 Å². The summed E-state index contributed by atoms with van der Waals surface area (Å²) in [6.07, 6.45) is 3.70. The molecule has 0 spiro atoms. The molecule has 6 nitrogen and oxygen atoms in total. The Hall–Kier alpha value is -2.37. The molecule has 0 N–H and O–H groups in total. The van der Waals surface area contributed by atoms with Gasteiger partial charge in [-0.1, -0.05) is 29.8 Å². The zero-order valence-electron chi connectivity index (χ0n) is 17.0. The van der Waals surface area contributed by atoms with Crippen LogP contribution in [-0.4, -0.2) is 64.6 Å². The van der Waals surface area contributed by atoms with E-state index in [1.165, 1.54) is 5.56 Å². The third-order valence-electron chi connectivity index (χ3n) is 5.76. The van der Waals surface area contributed by atoms with Crippen LogP contribution in [0.3, 0.4) is 0 Å². The zero-order chi connectivity index (χ0) is 20.1. The van der Waals surface area contributed by atoms with E-state index >= 15 is 0 Å². The van der Waals surface area contributed by atoms with Gasteiger partial charge in [-0.2, -0.15) is 0 Å². The van der Waals surface area contributed by atoms with Gasteiger partial charge in [-0.3, -0.25) is 14.4 Å². The quantitative estimate of drug-likeness (QED) is 0.755. The molecule has 1 unspecified atom stereocenters. The third-order valence-corrected chi connectivity index (χ3v) is 5.76. The topological polar surface area (TPSA) is 60.9 Å². The molecular weight excluding hydrogens is 354 g/mol. The maximum atomic E-state index is 12.8. The van der Waals surface area contributed by atoms with Gasteiger partial charge in [0.05, 0.1) is 0 Å². The lowest BCUT2D eigenvalue weighted by molar-refractivity contribution is -0.151. The van der Waals surface area contributed by atoms with Gasteiger partial charge in [-0.05, 0) is 38.7 Å². The highest BCUT2D eigenvalue weighted by molar-refractivity contribution is 5.88. The number of piperazine rings is 1. The van der Waals surface area contributed by atoms with Crippen LogP contribution >= 0.6 is 0 Å². The molecule has 0 bridgehead atoms. The fourth-order valence-corrected chi connectivity index (χ4v) is 4.12. The van der Waals surface area contributed by atoms with Crippen LogP contribution in [0.2, 0.25) is 0 Å². The smallest absolute Gasteiger partial charge is 0.245 e. The molecule has 1 atom stereocenters. The minimum Gasteiger partial charge on any atom is -0.343 e. The molecule has 152 valence electrons. The summed E-state index contributed by atoms with van der Waals surface area (Å²) < 4.78 is 0. The number of hydrogen-bond acceptors (Lipinski definition) is 3. The number of rotatable bonds is 6. The van der Waals surface area contributed by atoms with Crippen molar-refractivity contribution in [2.75, 3.05) is 26.2 Å². The van der Waals surface area contributed by atoms with E-state index in [1.54, 1.807) is 4.90 Å². The Bertz CT molecular complexity index is 733. The number of carbonyl (C=O) groups excluding carboxylic acids is 3. The molecule has 1 aromatic rings. The van der Waals surface area contributed by atoms with Crippen LogP contribution in [0, 0.1) is 6.92 Å². The fourth-order valence-electron chi connectivity index (χ4n) is 4.12. The number of carbonyl (C=O) groups is 3. The van der Waals surface area contributed by atoms with E-state index in [9.17, 15) is 14.4 Å². The summed E-state index contributed by atoms with van der Waals surface area (Å²) in [6, 6.07) is 7.75. The van der Waals surface area contributed by atoms with Crippen molar-refractivity contribution in [3.05, 3.63) is 35.4 Å². The third kappa shape index (κ3) is 4.91. The summed E-state index contributed by atoms with van der Waals surface area (Å²) in [5, 5.41) is 0. The van der Waals surface area contributed by atoms with Crippen molar-refractivity contribution >= 4 is 17.7 Å². The Morgan fingerprint density at radius 1 is 1.11 bits per heavy atom. The Morgan fingerprint density at radius 3 is 2.68 bits per heavy atom. The summed E-state index contributed by atoms with van der Waals surface area (Å²) in [5.41, 5.74) is 2.30. The SMILES string of the molecule is Cc1cccc(CN2CCN(C(=O)CCCN3CCCCC3=O)C(C)C2=O)c1. The zero-order valence-corrected chi connectivity index (χ0v) is 17.0. The lowest BCUT2D eigenvalue weighted by atomic mass is 10.1. The van der Waals surface area contributed by atoms with Crippen LogP contribution in [0.5, 0.6) is 0 Å². The molecule has 0 aromatic heterocycles. The van der Waals surface area contributed by atoms with Crippen LogP contribution in [0.4, 0.5) is 0 Å². The molecule has 0 radical (unpaired) electrons. The van der Waals surface area contributed by atoms with Crippen molar-refractivity contribution in [2.45, 2.75) is 58.5 Å². The fraction of sp³-hybridized carbons (Fsp3) is 0.591. The lowest BCUT2D eigenvalue weighted by Crippen LogP contribution is -2.57. The van der Waals surface area contributed by atoms with E-state index in [1.807, 2.05) is 41.8 Å². The Balaban J connectivity index is 1.48. The van der Waals surface area contributed by atoms with Crippen LogP contribution in [0.25, 0.3) is 0 Å². The first-order valence-corrected chi connectivity index (χ1v) is 10.4. The molecule has 2 aliphatic rings. The first kappa shape index (κ1) is 20.4. The normalized spacial score (nSPS) is 20.6. The van der Waals surface area contributed by atoms with Crippen LogP contribution in [-0.2, 0) is 20.9 Å². The Labute approximate surface area is 167 Å². The number of amides is 3. The average Bonchev–Trinajstić information content (AvgIpc) is 2.67. The second-order valence-electron chi connectivity index (χ2n) is 7.95. The minimum atomic E-state index is -0.428. The second-order valence-corrected chi connectivity index (χ2v) is 7.95. The standard InChI is InChI=1S/C22H31N3O3/c1-17-7-5-8-19(15-17)16-24-13-14-25(18(2)22(24)28)21(27)10-6-12-23-11-4-3-9-20(23)26/h5,7-8,15,18H,3-4,6,9-14,16H2,1-2H3. The van der Waals surface area contributed by atoms with E-state index in [2.05, 4.69) is 6.07 Å². The molecular formula is C22H31N3O3. The van der Waals surface area contributed by atoms with Gasteiger partial charge in [0.25, 0.3) is 0 Å². The molecule has 3 amide bonds. The highest BCUT2D eigenvalue weighted by Gasteiger charge is 2.34. The van der Waals surface area contributed by atoms with E-state index in [-0.39, 0.29) is 17.7 Å². The van der Waals surface area contributed by atoms with Gasteiger partial charge in [0.15, 0.2) is 0 Å². The number of hydrogen-bond donors (Lipinski definition) is 0. The van der Waals surface area contributed by atoms with Gasteiger partial charge in [0.2, 0.25) is 17.7 Å². The van der Waals surface area contributed by atoms with Gasteiger partial charge in [-0.25, -0.2) is 0 Å². The number of benzene rings is 1. The molecule has 28 heavy (non-hydrogen) atoms. The van der Waals surface area contributed by atoms with Gasteiger partial charge < -0.3 is 14.7 Å². The predicted molar refractivity (Wildman–Crippen MR) is 107 cm³/mol. The minimum absolute atomic E-state index is 0.00677. The number of nitrogens with zero attached hydrogens (tertiary/aromatic N) is 3. The van der Waals surface area contributed by atoms with Crippen LogP contribution in [0.15, 0.2) is 24.3 Å². The summed E-state index contributed by atoms with van der Waals surface area (Å²) >= 11 is 0. The molecule has 2 saturated heterocycles. The summed E-state index contributed by atoms with van der Waals surface area (Å²) in [5.74, 6) is 0.222. The highest BCUT2D eigenvalue weighted by Crippen LogP contribution is 2.17. The summed E-state index contributed by atoms with van der Waals surface area (Å²) in [7, 11) is 0. The van der Waals surface area contributed by atoms with Gasteiger partial charge in [0, 0.05) is 45.6 Å². The number of aryl methyl sites for hydroxylation is 1. The van der Waals surface area contributed by atoms with Crippen molar-refractivity contribution < 1.29 is 14.4 Å². The van der Waals surface area contributed by atoms with Crippen molar-refractivity contribution in [3.63, 3.8) is 0 Å². The number of likely N-dealkylation sites (tertiary alicyclic amines) is 1.